The van der Waals surface area contributed by atoms with Crippen molar-refractivity contribution in [3.63, 3.8) is 0 Å². The van der Waals surface area contributed by atoms with Crippen LogP contribution in [-0.2, 0) is 16.0 Å². The van der Waals surface area contributed by atoms with E-state index in [0.29, 0.717) is 29.6 Å². The summed E-state index contributed by atoms with van der Waals surface area (Å²) in [5.74, 6) is -0.865. The molecule has 0 radical (unpaired) electrons. The molecule has 0 saturated heterocycles. The van der Waals surface area contributed by atoms with Gasteiger partial charge in [-0.3, -0.25) is 0 Å². The fourth-order valence-corrected chi connectivity index (χ4v) is 2.95. The predicted octanol–water partition coefficient (Wildman–Crippen LogP) is 4.47. The van der Waals surface area contributed by atoms with Gasteiger partial charge in [-0.25, -0.2) is 4.79 Å². The lowest BCUT2D eigenvalue weighted by molar-refractivity contribution is -0.134. The van der Waals surface area contributed by atoms with Crippen LogP contribution in [0.2, 0.25) is 0 Å². The lowest BCUT2D eigenvalue weighted by Crippen LogP contribution is -2.18. The molecule has 0 unspecified atom stereocenters. The van der Waals surface area contributed by atoms with Crippen LogP contribution >= 0.6 is 0 Å². The van der Waals surface area contributed by atoms with Crippen LogP contribution < -0.4 is 0 Å². The van der Waals surface area contributed by atoms with E-state index in [2.05, 4.69) is 0 Å². The molecule has 0 N–H and O–H groups in total. The van der Waals surface area contributed by atoms with Crippen molar-refractivity contribution < 1.29 is 22.7 Å². The monoisotopic (exact) mass is 308 g/mol. The van der Waals surface area contributed by atoms with Crippen molar-refractivity contribution in [2.24, 2.45) is 0 Å². The molecule has 2 nitrogen and oxygen atoms in total. The molecular weight excluding hydrogens is 293 g/mol. The molecule has 2 aliphatic rings. The van der Waals surface area contributed by atoms with Crippen LogP contribution in [0.1, 0.15) is 31.2 Å². The second kappa shape index (κ2) is 5.63. The van der Waals surface area contributed by atoms with Crippen LogP contribution in [0.25, 0.3) is 0 Å². The summed E-state index contributed by atoms with van der Waals surface area (Å²) in [5.41, 5.74) is 0.665. The molecule has 1 aromatic rings. The summed E-state index contributed by atoms with van der Waals surface area (Å²) in [6, 6.07) is 8.42. The van der Waals surface area contributed by atoms with E-state index in [0.717, 1.165) is 12.8 Å². The Morgan fingerprint density at radius 3 is 2.32 bits per heavy atom. The molecule has 0 atom stereocenters. The van der Waals surface area contributed by atoms with Gasteiger partial charge in [0.2, 0.25) is 0 Å². The summed E-state index contributed by atoms with van der Waals surface area (Å²) < 4.78 is 45.4. The van der Waals surface area contributed by atoms with E-state index in [-0.39, 0.29) is 12.2 Å². The average molecular weight is 308 g/mol. The molecule has 0 bridgehead atoms. The molecule has 1 aromatic carbocycles. The third-order valence-electron chi connectivity index (χ3n) is 4.02. The molecule has 0 fully saturated rings. The van der Waals surface area contributed by atoms with Crippen molar-refractivity contribution in [3.05, 3.63) is 58.4 Å². The van der Waals surface area contributed by atoms with Crippen molar-refractivity contribution >= 4 is 5.97 Å². The highest BCUT2D eigenvalue weighted by atomic mass is 19.4. The van der Waals surface area contributed by atoms with Crippen LogP contribution in [-0.4, -0.2) is 12.1 Å². The third-order valence-corrected chi connectivity index (χ3v) is 4.02. The molecule has 1 aliphatic carbocycles. The van der Waals surface area contributed by atoms with E-state index in [1.54, 1.807) is 30.3 Å². The van der Waals surface area contributed by atoms with Gasteiger partial charge in [-0.2, -0.15) is 13.2 Å². The zero-order chi connectivity index (χ0) is 15.7. The summed E-state index contributed by atoms with van der Waals surface area (Å²) in [4.78, 5) is 11.8. The maximum absolute atomic E-state index is 13.5. The van der Waals surface area contributed by atoms with E-state index in [1.165, 1.54) is 0 Å². The maximum atomic E-state index is 13.5. The standard InChI is InChI=1S/C17H15F3O2/c18-17(19,20)14(10-11-6-2-1-3-7-11)15-12-8-4-5-9-13(12)16(21)22-15/h1-3,6-7H,4-5,8-10H2/b15-14+. The Balaban J connectivity index is 2.06. The summed E-state index contributed by atoms with van der Waals surface area (Å²) in [7, 11) is 0. The minimum atomic E-state index is -4.52. The smallest absolute Gasteiger partial charge is 0.416 e. The van der Waals surface area contributed by atoms with Gasteiger partial charge in [-0.1, -0.05) is 30.3 Å². The van der Waals surface area contributed by atoms with Crippen LogP contribution in [0.3, 0.4) is 0 Å². The van der Waals surface area contributed by atoms with Gasteiger partial charge in [-0.05, 0) is 31.2 Å². The lowest BCUT2D eigenvalue weighted by atomic mass is 9.90. The van der Waals surface area contributed by atoms with Crippen LogP contribution in [0, 0.1) is 0 Å². The Kier molecular flexibility index (Phi) is 3.81. The average Bonchev–Trinajstić information content (AvgIpc) is 2.82. The first kappa shape index (κ1) is 14.9. The largest absolute Gasteiger partial charge is 0.423 e. The Hall–Kier alpha value is -2.04. The fourth-order valence-electron chi connectivity index (χ4n) is 2.95. The molecule has 1 aliphatic heterocycles. The van der Waals surface area contributed by atoms with E-state index in [4.69, 9.17) is 4.74 Å². The number of allylic oxidation sites excluding steroid dienone is 2. The highest BCUT2D eigenvalue weighted by Crippen LogP contribution is 2.42. The van der Waals surface area contributed by atoms with Gasteiger partial charge in [0.25, 0.3) is 0 Å². The molecule has 5 heteroatoms. The molecule has 1 heterocycles. The predicted molar refractivity (Wildman–Crippen MR) is 74.8 cm³/mol. The maximum Gasteiger partial charge on any atom is 0.416 e. The quantitative estimate of drug-likeness (QED) is 0.753. The summed E-state index contributed by atoms with van der Waals surface area (Å²) in [5, 5.41) is 0. The first-order valence-corrected chi connectivity index (χ1v) is 7.25. The molecule has 3 rings (SSSR count). The summed E-state index contributed by atoms with van der Waals surface area (Å²) in [6.45, 7) is 0. The highest BCUT2D eigenvalue weighted by molar-refractivity contribution is 5.95. The Morgan fingerprint density at radius 2 is 1.68 bits per heavy atom. The van der Waals surface area contributed by atoms with Crippen LogP contribution in [0.5, 0.6) is 0 Å². The van der Waals surface area contributed by atoms with E-state index in [9.17, 15) is 18.0 Å². The van der Waals surface area contributed by atoms with Crippen molar-refractivity contribution in [1.82, 2.24) is 0 Å². The minimum absolute atomic E-state index is 0.254. The topological polar surface area (TPSA) is 26.3 Å². The lowest BCUT2D eigenvalue weighted by Gasteiger charge is -2.17. The van der Waals surface area contributed by atoms with Gasteiger partial charge < -0.3 is 4.74 Å². The number of ether oxygens (including phenoxy) is 1. The molecule has 0 amide bonds. The Bertz CT molecular complexity index is 654. The number of cyclic esters (lactones) is 1. The highest BCUT2D eigenvalue weighted by Gasteiger charge is 2.42. The van der Waals surface area contributed by atoms with Gasteiger partial charge in [0.15, 0.2) is 0 Å². The number of halogens is 3. The first-order chi connectivity index (χ1) is 10.5. The van der Waals surface area contributed by atoms with E-state index >= 15 is 0 Å². The molecule has 0 saturated carbocycles. The molecular formula is C17H15F3O2. The number of alkyl halides is 3. The summed E-state index contributed by atoms with van der Waals surface area (Å²) in [6.07, 6.45) is -2.22. The van der Waals surface area contributed by atoms with Gasteiger partial charge >= 0.3 is 12.1 Å². The fraction of sp³-hybridized carbons (Fsp3) is 0.353. The Morgan fingerprint density at radius 1 is 1.05 bits per heavy atom. The molecule has 0 spiro atoms. The van der Waals surface area contributed by atoms with Gasteiger partial charge in [0.05, 0.1) is 5.57 Å². The third kappa shape index (κ3) is 2.80. The number of benzene rings is 1. The number of carbonyl (C=O) groups is 1. The van der Waals surface area contributed by atoms with E-state index in [1.807, 2.05) is 0 Å². The van der Waals surface area contributed by atoms with Crippen molar-refractivity contribution in [2.75, 3.05) is 0 Å². The van der Waals surface area contributed by atoms with Crippen molar-refractivity contribution in [3.8, 4) is 0 Å². The second-order valence-corrected chi connectivity index (χ2v) is 5.52. The normalized spacial score (nSPS) is 20.8. The van der Waals surface area contributed by atoms with Crippen LogP contribution in [0.4, 0.5) is 13.2 Å². The number of hydrogen-bond donors (Lipinski definition) is 0. The summed E-state index contributed by atoms with van der Waals surface area (Å²) >= 11 is 0. The second-order valence-electron chi connectivity index (χ2n) is 5.52. The van der Waals surface area contributed by atoms with Crippen molar-refractivity contribution in [1.29, 1.82) is 0 Å². The molecule has 0 aromatic heterocycles. The SMILES string of the molecule is O=C1O/C(=C(\Cc2ccccc2)C(F)(F)F)C2=C1CCCC2. The number of hydrogen-bond acceptors (Lipinski definition) is 2. The molecule has 116 valence electrons. The van der Waals surface area contributed by atoms with Crippen molar-refractivity contribution in [2.45, 2.75) is 38.3 Å². The van der Waals surface area contributed by atoms with Gasteiger partial charge in [-0.15, -0.1) is 0 Å². The van der Waals surface area contributed by atoms with Crippen LogP contribution in [0.15, 0.2) is 52.8 Å². The Labute approximate surface area is 126 Å². The zero-order valence-electron chi connectivity index (χ0n) is 11.9. The number of rotatable bonds is 2. The number of carbonyl (C=O) groups excluding carboxylic acids is 1. The van der Waals surface area contributed by atoms with Gasteiger partial charge in [0.1, 0.15) is 5.76 Å². The van der Waals surface area contributed by atoms with E-state index < -0.39 is 17.7 Å². The zero-order valence-corrected chi connectivity index (χ0v) is 11.9. The first-order valence-electron chi connectivity index (χ1n) is 7.25. The minimum Gasteiger partial charge on any atom is -0.423 e. The number of esters is 1. The van der Waals surface area contributed by atoms with Gasteiger partial charge in [0, 0.05) is 17.6 Å². The molecule has 22 heavy (non-hydrogen) atoms.